The van der Waals surface area contributed by atoms with Crippen LogP contribution in [0.15, 0.2) is 87.5 Å². The molecule has 3 amide bonds. The molecule has 0 saturated carbocycles. The van der Waals surface area contributed by atoms with Gasteiger partial charge >= 0.3 is 0 Å². The summed E-state index contributed by atoms with van der Waals surface area (Å²) in [5, 5.41) is 36.5. The molecule has 63 heavy (non-hydrogen) atoms. The molecule has 0 spiro atoms. The van der Waals surface area contributed by atoms with E-state index in [0.29, 0.717) is 0 Å². The number of carbonyl (C=O) groups is 3. The van der Waals surface area contributed by atoms with E-state index in [-0.39, 0.29) is 31.4 Å². The summed E-state index contributed by atoms with van der Waals surface area (Å²) in [7, 11) is -10.1. The normalized spacial score (nSPS) is 14.8. The third-order valence-electron chi connectivity index (χ3n) is 8.17. The van der Waals surface area contributed by atoms with Crippen molar-refractivity contribution in [1.29, 1.82) is 0 Å². The van der Waals surface area contributed by atoms with Crippen LogP contribution < -0.4 is 16.0 Å². The summed E-state index contributed by atoms with van der Waals surface area (Å²) in [5.41, 5.74) is 0.767. The van der Waals surface area contributed by atoms with Crippen LogP contribution in [-0.2, 0) is 43.9 Å². The molecule has 0 saturated heterocycles. The number of sulfone groups is 3. The molecule has 0 heterocycles. The monoisotopic (exact) mass is 1070 g/mol. The Kier molecular flexibility index (Phi) is 24.5. The number of halogens is 9. The van der Waals surface area contributed by atoms with E-state index in [4.69, 9.17) is 69.6 Å². The van der Waals surface area contributed by atoms with Crippen LogP contribution in [0.5, 0.6) is 0 Å². The van der Waals surface area contributed by atoms with E-state index in [0.717, 1.165) is 18.8 Å². The first-order valence-corrected chi connectivity index (χ1v) is 25.7. The van der Waals surface area contributed by atoms with Crippen molar-refractivity contribution in [2.24, 2.45) is 0 Å². The molecule has 3 aromatic carbocycles. The van der Waals surface area contributed by atoms with E-state index in [1.54, 1.807) is 0 Å². The second-order valence-electron chi connectivity index (χ2n) is 13.1. The second-order valence-corrected chi connectivity index (χ2v) is 22.4. The minimum Gasteiger partial charge on any atom is -0.386 e. The third-order valence-corrected chi connectivity index (χ3v) is 12.7. The van der Waals surface area contributed by atoms with Gasteiger partial charge in [-0.3, -0.25) is 14.4 Å². The van der Waals surface area contributed by atoms with Gasteiger partial charge in [-0.1, -0.05) is 106 Å². The minimum absolute atomic E-state index is 0.0702. The first-order valence-electron chi connectivity index (χ1n) is 17.4. The van der Waals surface area contributed by atoms with Gasteiger partial charge in [-0.05, 0) is 53.1 Å². The van der Waals surface area contributed by atoms with Crippen LogP contribution in [-0.4, -0.2) is 130 Å². The molecule has 27 heteroatoms. The Balaban J connectivity index is 0.000000472. The Hall–Kier alpha value is -2.67. The number of aliphatic hydroxyl groups excluding tert-OH is 3. The van der Waals surface area contributed by atoms with Gasteiger partial charge in [0.1, 0.15) is 38.3 Å². The van der Waals surface area contributed by atoms with Crippen molar-refractivity contribution in [3.63, 3.8) is 0 Å². The number of amides is 3. The van der Waals surface area contributed by atoms with Gasteiger partial charge in [0.2, 0.25) is 0 Å². The Morgan fingerprint density at radius 2 is 0.619 bits per heavy atom. The number of alkyl halides is 9. The Labute approximate surface area is 392 Å². The van der Waals surface area contributed by atoms with Gasteiger partial charge in [0, 0.05) is 18.8 Å². The molecule has 6 N–H and O–H groups in total. The average Bonchev–Trinajstić information content (AvgIpc) is 3.22. The predicted molar refractivity (Wildman–Crippen MR) is 234 cm³/mol. The van der Waals surface area contributed by atoms with Gasteiger partial charge in [0.05, 0.1) is 32.8 Å². The number of hydrogen-bond acceptors (Lipinski definition) is 12. The Morgan fingerprint density at radius 1 is 0.444 bits per heavy atom. The van der Waals surface area contributed by atoms with Crippen molar-refractivity contribution in [3.8, 4) is 0 Å². The maximum Gasteiger partial charge on any atom is 0.253 e. The third kappa shape index (κ3) is 19.8. The van der Waals surface area contributed by atoms with Crippen molar-refractivity contribution >= 4 is 117 Å². The number of rotatable bonds is 18. The van der Waals surface area contributed by atoms with Crippen LogP contribution in [0.3, 0.4) is 0 Å². The molecule has 0 fully saturated rings. The molecule has 15 nitrogen and oxygen atoms in total. The van der Waals surface area contributed by atoms with E-state index in [1.807, 2.05) is 0 Å². The summed E-state index contributed by atoms with van der Waals surface area (Å²) >= 11 is 32.0. The number of carbonyl (C=O) groups excluding carboxylic acids is 3. The highest BCUT2D eigenvalue weighted by Crippen LogP contribution is 2.23. The Morgan fingerprint density at radius 3 is 0.746 bits per heavy atom. The number of nitrogens with one attached hydrogen (secondary N) is 3. The second kappa shape index (κ2) is 26.5. The molecule has 0 aromatic heterocycles. The lowest BCUT2D eigenvalue weighted by Gasteiger charge is -2.22. The van der Waals surface area contributed by atoms with Gasteiger partial charge in [-0.25, -0.2) is 38.4 Å². The average molecular weight is 1070 g/mol. The van der Waals surface area contributed by atoms with Gasteiger partial charge < -0.3 is 31.3 Å². The maximum atomic E-state index is 12.9. The van der Waals surface area contributed by atoms with Crippen molar-refractivity contribution in [3.05, 3.63) is 89.5 Å². The zero-order valence-electron chi connectivity index (χ0n) is 32.9. The number of hydrogen-bond donors (Lipinski definition) is 6. The molecule has 354 valence electrons. The van der Waals surface area contributed by atoms with E-state index in [9.17, 15) is 68.1 Å². The maximum absolute atomic E-state index is 12.9. The molecular weight excluding hydrogens is 1030 g/mol. The van der Waals surface area contributed by atoms with Gasteiger partial charge in [0.15, 0.2) is 44.0 Å². The highest BCUT2D eigenvalue weighted by molar-refractivity contribution is 7.91. The van der Waals surface area contributed by atoms with Crippen molar-refractivity contribution in [2.45, 2.75) is 65.6 Å². The molecule has 6 atom stereocenters. The summed E-state index contributed by atoms with van der Waals surface area (Å²) < 4.78 is 107. The molecular formula is C36H42Cl6F3N3O12S3. The minimum atomic E-state index is -3.36. The fourth-order valence-corrected chi connectivity index (χ4v) is 7.05. The van der Waals surface area contributed by atoms with Crippen LogP contribution in [0, 0.1) is 0 Å². The van der Waals surface area contributed by atoms with Crippen LogP contribution in [0.2, 0.25) is 0 Å². The largest absolute Gasteiger partial charge is 0.386 e. The highest BCUT2D eigenvalue weighted by atomic mass is 35.5. The lowest BCUT2D eigenvalue weighted by atomic mass is 10.0. The highest BCUT2D eigenvalue weighted by Gasteiger charge is 2.28. The van der Waals surface area contributed by atoms with E-state index >= 15 is 0 Å². The number of aliphatic hydroxyl groups is 3. The quantitative estimate of drug-likeness (QED) is 0.0985. The fourth-order valence-electron chi connectivity index (χ4n) is 4.78. The molecule has 3 aromatic rings. The van der Waals surface area contributed by atoms with E-state index < -0.39 is 118 Å². The molecule has 0 bridgehead atoms. The van der Waals surface area contributed by atoms with Crippen molar-refractivity contribution in [2.75, 3.05) is 38.8 Å². The predicted octanol–water partition coefficient (Wildman–Crippen LogP) is 4.14. The zero-order chi connectivity index (χ0) is 48.6. The van der Waals surface area contributed by atoms with Gasteiger partial charge in [0.25, 0.3) is 17.7 Å². The fraction of sp³-hybridized carbons (Fsp3) is 0.417. The number of benzene rings is 3. The zero-order valence-corrected chi connectivity index (χ0v) is 39.9. The van der Waals surface area contributed by atoms with Crippen LogP contribution in [0.1, 0.15) is 35.0 Å². The standard InChI is InChI=1S/3C12H14Cl2FNO4S/c3*1-21(19,20)8-4-2-7(3-5-8)10(17)9(6-15)16-12(18)11(13)14/h3*2-5,9-11,17H,6H2,1H3,(H,16,18)/t3*9-,10-/m111/s1. The summed E-state index contributed by atoms with van der Waals surface area (Å²) in [6.45, 7) is -3.12. The molecule has 3 rings (SSSR count). The van der Waals surface area contributed by atoms with E-state index in [2.05, 4.69) is 16.0 Å². The first kappa shape index (κ1) is 58.3. The molecule has 0 aliphatic heterocycles. The molecule has 0 aliphatic rings. The van der Waals surface area contributed by atoms with Gasteiger partial charge in [-0.15, -0.1) is 0 Å². The smallest absolute Gasteiger partial charge is 0.253 e. The Bertz CT molecular complexity index is 2030. The van der Waals surface area contributed by atoms with Crippen molar-refractivity contribution < 1.29 is 68.1 Å². The summed E-state index contributed by atoms with van der Waals surface area (Å²) in [6.07, 6.45) is -0.947. The summed E-state index contributed by atoms with van der Waals surface area (Å²) in [4.78, 5) is 30.0. The SMILES string of the molecule is CS(=O)(=O)c1ccc([C@@H](O)[C@@H](CF)NC(=O)C(Cl)Cl)cc1.CS(=O)(=O)c1ccc([C@@H](O)[C@@H](CF)NC(=O)C(Cl)Cl)cc1.CS(=O)(=O)c1ccc([C@@H](O)[C@@H](CF)NC(=O)C(Cl)Cl)cc1. The molecule has 0 aliphatic carbocycles. The lowest BCUT2D eigenvalue weighted by molar-refractivity contribution is -0.122. The lowest BCUT2D eigenvalue weighted by Crippen LogP contribution is -2.43. The van der Waals surface area contributed by atoms with Crippen molar-refractivity contribution in [1.82, 2.24) is 16.0 Å². The topological polar surface area (TPSA) is 250 Å². The van der Waals surface area contributed by atoms with E-state index in [1.165, 1.54) is 72.8 Å². The van der Waals surface area contributed by atoms with Crippen LogP contribution >= 0.6 is 69.6 Å². The first-order chi connectivity index (χ1) is 29.0. The van der Waals surface area contributed by atoms with Gasteiger partial charge in [-0.2, -0.15) is 0 Å². The van der Waals surface area contributed by atoms with Crippen LogP contribution in [0.25, 0.3) is 0 Å². The molecule has 0 radical (unpaired) electrons. The summed E-state index contributed by atoms with van der Waals surface area (Å²) in [6, 6.07) is 12.1. The molecule has 0 unspecified atom stereocenters. The summed E-state index contributed by atoms with van der Waals surface area (Å²) in [5.74, 6) is -2.48. The van der Waals surface area contributed by atoms with Crippen LogP contribution in [0.4, 0.5) is 13.2 Å².